The minimum atomic E-state index is -0.506. The second kappa shape index (κ2) is 4.58. The van der Waals surface area contributed by atoms with E-state index in [2.05, 4.69) is 4.74 Å². The Morgan fingerprint density at radius 3 is 3.15 bits per heavy atom. The second-order valence-electron chi connectivity index (χ2n) is 2.14. The second-order valence-corrected chi connectivity index (χ2v) is 2.90. The van der Waals surface area contributed by atoms with Crippen LogP contribution >= 0.6 is 11.8 Å². The molecule has 0 amide bonds. The highest BCUT2D eigenvalue weighted by atomic mass is 32.2. The van der Waals surface area contributed by atoms with Crippen molar-refractivity contribution in [2.24, 2.45) is 0 Å². The number of thiocyanates is 1. The lowest BCUT2D eigenvalue weighted by Gasteiger charge is -1.92. The highest BCUT2D eigenvalue weighted by molar-refractivity contribution is 8.02. The van der Waals surface area contributed by atoms with Crippen LogP contribution in [0.15, 0.2) is 16.5 Å². The van der Waals surface area contributed by atoms with Gasteiger partial charge < -0.3 is 9.15 Å². The maximum absolute atomic E-state index is 10.9. The molecule has 68 valence electrons. The first-order chi connectivity index (χ1) is 6.27. The van der Waals surface area contributed by atoms with Crippen LogP contribution in [0.25, 0.3) is 0 Å². The molecule has 0 saturated heterocycles. The van der Waals surface area contributed by atoms with Gasteiger partial charge in [-0.2, -0.15) is 5.26 Å². The van der Waals surface area contributed by atoms with Crippen LogP contribution in [-0.4, -0.2) is 13.1 Å². The van der Waals surface area contributed by atoms with E-state index in [0.29, 0.717) is 11.5 Å². The molecule has 0 aliphatic heterocycles. The Kier molecular flexibility index (Phi) is 3.41. The molecule has 0 aliphatic rings. The molecule has 0 fully saturated rings. The predicted octanol–water partition coefficient (Wildman–Crippen LogP) is 1.78. The summed E-state index contributed by atoms with van der Waals surface area (Å²) in [5.74, 6) is 0.684. The summed E-state index contributed by atoms with van der Waals surface area (Å²) in [6.45, 7) is 0. The van der Waals surface area contributed by atoms with Crippen molar-refractivity contribution in [1.29, 1.82) is 5.26 Å². The number of ether oxygens (including phenoxy) is 1. The number of thioether (sulfide) groups is 1. The summed E-state index contributed by atoms with van der Waals surface area (Å²) >= 11 is 1.05. The van der Waals surface area contributed by atoms with E-state index >= 15 is 0 Å². The molecular weight excluding hydrogens is 190 g/mol. The number of hydrogen-bond donors (Lipinski definition) is 0. The first kappa shape index (κ1) is 9.68. The van der Waals surface area contributed by atoms with E-state index in [1.54, 1.807) is 6.07 Å². The zero-order chi connectivity index (χ0) is 9.68. The van der Waals surface area contributed by atoms with E-state index in [9.17, 15) is 4.79 Å². The average molecular weight is 197 g/mol. The summed E-state index contributed by atoms with van der Waals surface area (Å²) in [5, 5.41) is 10.2. The summed E-state index contributed by atoms with van der Waals surface area (Å²) < 4.78 is 9.54. The maximum Gasteiger partial charge on any atom is 0.373 e. The fourth-order valence-corrected chi connectivity index (χ4v) is 1.13. The van der Waals surface area contributed by atoms with Crippen molar-refractivity contribution in [3.8, 4) is 5.40 Å². The minimum absolute atomic E-state index is 0.163. The zero-order valence-electron chi connectivity index (χ0n) is 6.94. The fraction of sp³-hybridized carbons (Fsp3) is 0.250. The van der Waals surface area contributed by atoms with Gasteiger partial charge in [-0.15, -0.1) is 0 Å². The Morgan fingerprint density at radius 1 is 1.77 bits per heavy atom. The van der Waals surface area contributed by atoms with Gasteiger partial charge in [0.25, 0.3) is 0 Å². The number of hydrogen-bond acceptors (Lipinski definition) is 5. The van der Waals surface area contributed by atoms with E-state index < -0.39 is 5.97 Å². The molecule has 1 aromatic rings. The SMILES string of the molecule is COC(=O)c1ccc(CSC#N)o1. The molecule has 0 spiro atoms. The maximum atomic E-state index is 10.9. The first-order valence-corrected chi connectivity index (χ1v) is 4.44. The minimum Gasteiger partial charge on any atom is -0.463 e. The Bertz CT molecular complexity index is 339. The molecule has 0 aliphatic carbocycles. The lowest BCUT2D eigenvalue weighted by Crippen LogP contribution is -1.98. The van der Waals surface area contributed by atoms with Gasteiger partial charge in [0.05, 0.1) is 12.9 Å². The number of esters is 1. The van der Waals surface area contributed by atoms with Gasteiger partial charge in [-0.3, -0.25) is 0 Å². The number of carbonyl (C=O) groups excluding carboxylic acids is 1. The third-order valence-electron chi connectivity index (χ3n) is 1.33. The third kappa shape index (κ3) is 2.53. The standard InChI is InChI=1S/C8H7NO3S/c1-11-8(10)7-3-2-6(12-7)4-13-5-9/h2-3H,4H2,1H3. The zero-order valence-corrected chi connectivity index (χ0v) is 7.76. The molecule has 4 nitrogen and oxygen atoms in total. The van der Waals surface area contributed by atoms with Gasteiger partial charge in [0.2, 0.25) is 5.76 Å². The number of carbonyl (C=O) groups is 1. The van der Waals surface area contributed by atoms with Gasteiger partial charge in [-0.25, -0.2) is 4.79 Å². The van der Waals surface area contributed by atoms with Crippen LogP contribution in [0.4, 0.5) is 0 Å². The van der Waals surface area contributed by atoms with Crippen molar-refractivity contribution in [3.63, 3.8) is 0 Å². The molecule has 1 aromatic heterocycles. The molecule has 0 saturated carbocycles. The Hall–Kier alpha value is -1.41. The molecule has 5 heteroatoms. The molecule has 13 heavy (non-hydrogen) atoms. The van der Waals surface area contributed by atoms with Gasteiger partial charge in [0.1, 0.15) is 11.2 Å². The largest absolute Gasteiger partial charge is 0.463 e. The topological polar surface area (TPSA) is 63.2 Å². The molecular formula is C8H7NO3S. The first-order valence-electron chi connectivity index (χ1n) is 3.46. The van der Waals surface area contributed by atoms with Crippen LogP contribution in [0.5, 0.6) is 0 Å². The fourth-order valence-electron chi connectivity index (χ4n) is 0.769. The van der Waals surface area contributed by atoms with Crippen LogP contribution in [0.1, 0.15) is 16.3 Å². The van der Waals surface area contributed by atoms with Crippen molar-refractivity contribution in [2.75, 3.05) is 7.11 Å². The monoisotopic (exact) mass is 197 g/mol. The van der Waals surface area contributed by atoms with E-state index in [1.165, 1.54) is 13.2 Å². The molecule has 0 N–H and O–H groups in total. The van der Waals surface area contributed by atoms with E-state index in [0.717, 1.165) is 11.8 Å². The van der Waals surface area contributed by atoms with E-state index in [-0.39, 0.29) is 5.76 Å². The lowest BCUT2D eigenvalue weighted by molar-refractivity contribution is 0.0563. The molecule has 1 heterocycles. The molecule has 0 bridgehead atoms. The van der Waals surface area contributed by atoms with Crippen LogP contribution in [-0.2, 0) is 10.5 Å². The normalized spacial score (nSPS) is 9.23. The van der Waals surface area contributed by atoms with Crippen molar-refractivity contribution < 1.29 is 13.9 Å². The third-order valence-corrected chi connectivity index (χ3v) is 1.89. The highest BCUT2D eigenvalue weighted by Crippen LogP contribution is 2.14. The van der Waals surface area contributed by atoms with Crippen molar-refractivity contribution in [1.82, 2.24) is 0 Å². The van der Waals surface area contributed by atoms with Crippen LogP contribution in [0.3, 0.4) is 0 Å². The molecule has 0 radical (unpaired) electrons. The van der Waals surface area contributed by atoms with Gasteiger partial charge in [-0.05, 0) is 23.9 Å². The number of rotatable bonds is 3. The van der Waals surface area contributed by atoms with Gasteiger partial charge in [0, 0.05) is 0 Å². The Morgan fingerprint density at radius 2 is 2.54 bits per heavy atom. The quantitative estimate of drug-likeness (QED) is 0.546. The highest BCUT2D eigenvalue weighted by Gasteiger charge is 2.10. The molecule has 1 rings (SSSR count). The summed E-state index contributed by atoms with van der Waals surface area (Å²) in [6.07, 6.45) is 0. The summed E-state index contributed by atoms with van der Waals surface area (Å²) in [4.78, 5) is 10.9. The van der Waals surface area contributed by atoms with Gasteiger partial charge in [0.15, 0.2) is 0 Å². The smallest absolute Gasteiger partial charge is 0.373 e. The van der Waals surface area contributed by atoms with Crippen molar-refractivity contribution in [3.05, 3.63) is 23.7 Å². The lowest BCUT2D eigenvalue weighted by atomic mass is 10.4. The van der Waals surface area contributed by atoms with Crippen LogP contribution in [0.2, 0.25) is 0 Å². The van der Waals surface area contributed by atoms with Crippen LogP contribution < -0.4 is 0 Å². The van der Waals surface area contributed by atoms with E-state index in [4.69, 9.17) is 9.68 Å². The number of methoxy groups -OCH3 is 1. The van der Waals surface area contributed by atoms with Gasteiger partial charge in [-0.1, -0.05) is 0 Å². The Labute approximate surface area is 79.5 Å². The average Bonchev–Trinajstić information content (AvgIpc) is 2.62. The molecule has 0 unspecified atom stereocenters. The van der Waals surface area contributed by atoms with Gasteiger partial charge >= 0.3 is 5.97 Å². The van der Waals surface area contributed by atoms with Crippen molar-refractivity contribution in [2.45, 2.75) is 5.75 Å². The molecule has 0 atom stereocenters. The van der Waals surface area contributed by atoms with E-state index in [1.807, 2.05) is 5.40 Å². The number of nitriles is 1. The Balaban J connectivity index is 2.64. The summed E-state index contributed by atoms with van der Waals surface area (Å²) in [5.41, 5.74) is 0. The number of furan rings is 1. The summed E-state index contributed by atoms with van der Waals surface area (Å²) in [6, 6.07) is 3.18. The van der Waals surface area contributed by atoms with Crippen LogP contribution in [0, 0.1) is 10.7 Å². The predicted molar refractivity (Wildman–Crippen MR) is 47.0 cm³/mol. The summed E-state index contributed by atoms with van der Waals surface area (Å²) in [7, 11) is 1.29. The number of nitrogens with zero attached hydrogens (tertiary/aromatic N) is 1. The van der Waals surface area contributed by atoms with Crippen molar-refractivity contribution >= 4 is 17.7 Å². The molecule has 0 aromatic carbocycles.